The molecule has 3 heterocycles. The number of carbonyl (C=O) groups excluding carboxylic acids is 1. The summed E-state index contributed by atoms with van der Waals surface area (Å²) in [5.41, 5.74) is 2.18. The molecule has 0 radical (unpaired) electrons. The molecule has 0 N–H and O–H groups in total. The topological polar surface area (TPSA) is 86.0 Å². The van der Waals surface area contributed by atoms with Gasteiger partial charge in [0.1, 0.15) is 0 Å². The Morgan fingerprint density at radius 2 is 2.20 bits per heavy atom. The molecule has 2 aliphatic rings. The van der Waals surface area contributed by atoms with Crippen molar-refractivity contribution in [3.8, 4) is 0 Å². The minimum Gasteiger partial charge on any atom is -0.462 e. The lowest BCUT2D eigenvalue weighted by molar-refractivity contribution is 0.0524. The van der Waals surface area contributed by atoms with Gasteiger partial charge in [-0.05, 0) is 33.1 Å². The molecule has 2 aromatic heterocycles. The van der Waals surface area contributed by atoms with E-state index in [2.05, 4.69) is 31.4 Å². The largest absolute Gasteiger partial charge is 0.462 e. The summed E-state index contributed by atoms with van der Waals surface area (Å²) in [4.78, 5) is 22.9. The first kappa shape index (κ1) is 16.0. The summed E-state index contributed by atoms with van der Waals surface area (Å²) in [6.45, 7) is 5.59. The van der Waals surface area contributed by atoms with E-state index < -0.39 is 0 Å². The second-order valence-corrected chi connectivity index (χ2v) is 6.68. The van der Waals surface area contributed by atoms with E-state index in [0.29, 0.717) is 29.7 Å². The number of carbonyl (C=O) groups is 1. The summed E-state index contributed by atoms with van der Waals surface area (Å²) in [5, 5.41) is 8.60. The van der Waals surface area contributed by atoms with Gasteiger partial charge in [0.05, 0.1) is 29.6 Å². The molecule has 0 spiro atoms. The van der Waals surface area contributed by atoms with E-state index in [1.165, 1.54) is 12.8 Å². The predicted molar refractivity (Wildman–Crippen MR) is 90.6 cm³/mol. The number of hydrogen-bond acceptors (Lipinski definition) is 7. The summed E-state index contributed by atoms with van der Waals surface area (Å²) in [5.74, 6) is 0.893. The molecule has 4 rings (SSSR count). The fourth-order valence-corrected chi connectivity index (χ4v) is 3.19. The highest BCUT2D eigenvalue weighted by Crippen LogP contribution is 2.39. The third-order valence-corrected chi connectivity index (χ3v) is 4.81. The number of esters is 1. The van der Waals surface area contributed by atoms with Crippen LogP contribution in [-0.4, -0.2) is 50.6 Å². The molecule has 8 nitrogen and oxygen atoms in total. The average Bonchev–Trinajstić information content (AvgIpc) is 3.13. The van der Waals surface area contributed by atoms with Gasteiger partial charge in [0.15, 0.2) is 0 Å². The SMILES string of the molecule is CCOC(=O)c1cnc(N2CCC(n3cc(C4CC4)nn3)C2)nc1C. The zero-order valence-corrected chi connectivity index (χ0v) is 14.6. The number of aryl methyl sites for hydroxylation is 1. The molecule has 1 aliphatic carbocycles. The lowest BCUT2D eigenvalue weighted by atomic mass is 10.2. The van der Waals surface area contributed by atoms with E-state index in [4.69, 9.17) is 4.74 Å². The third-order valence-electron chi connectivity index (χ3n) is 4.81. The van der Waals surface area contributed by atoms with Gasteiger partial charge < -0.3 is 9.64 Å². The molecule has 1 saturated carbocycles. The van der Waals surface area contributed by atoms with Crippen molar-refractivity contribution in [1.29, 1.82) is 0 Å². The zero-order chi connectivity index (χ0) is 17.4. The Hall–Kier alpha value is -2.51. The van der Waals surface area contributed by atoms with Gasteiger partial charge >= 0.3 is 5.97 Å². The molecular formula is C17H22N6O2. The Kier molecular flexibility index (Phi) is 4.10. The normalized spacial score (nSPS) is 20.1. The van der Waals surface area contributed by atoms with E-state index in [1.807, 2.05) is 11.6 Å². The summed E-state index contributed by atoms with van der Waals surface area (Å²) in [7, 11) is 0. The van der Waals surface area contributed by atoms with E-state index >= 15 is 0 Å². The maximum absolute atomic E-state index is 11.9. The molecule has 2 fully saturated rings. The minimum absolute atomic E-state index is 0.286. The predicted octanol–water partition coefficient (Wildman–Crippen LogP) is 1.88. The Labute approximate surface area is 146 Å². The Morgan fingerprint density at radius 3 is 2.92 bits per heavy atom. The molecule has 0 aromatic carbocycles. The molecule has 2 aromatic rings. The smallest absolute Gasteiger partial charge is 0.341 e. The molecule has 0 bridgehead atoms. The van der Waals surface area contributed by atoms with Gasteiger partial charge in [-0.3, -0.25) is 0 Å². The quantitative estimate of drug-likeness (QED) is 0.767. The van der Waals surface area contributed by atoms with Gasteiger partial charge in [0.25, 0.3) is 0 Å². The van der Waals surface area contributed by atoms with Gasteiger partial charge in [-0.1, -0.05) is 5.21 Å². The van der Waals surface area contributed by atoms with Crippen molar-refractivity contribution in [1.82, 2.24) is 25.0 Å². The van der Waals surface area contributed by atoms with Crippen LogP contribution in [0.4, 0.5) is 5.95 Å². The van der Waals surface area contributed by atoms with Gasteiger partial charge in [-0.15, -0.1) is 5.10 Å². The summed E-state index contributed by atoms with van der Waals surface area (Å²) < 4.78 is 7.00. The van der Waals surface area contributed by atoms with E-state index in [0.717, 1.165) is 25.2 Å². The van der Waals surface area contributed by atoms with Crippen molar-refractivity contribution in [2.75, 3.05) is 24.6 Å². The van der Waals surface area contributed by atoms with Crippen LogP contribution in [0.5, 0.6) is 0 Å². The molecule has 1 aliphatic heterocycles. The lowest BCUT2D eigenvalue weighted by Crippen LogP contribution is -2.24. The van der Waals surface area contributed by atoms with Crippen LogP contribution in [0.3, 0.4) is 0 Å². The maximum atomic E-state index is 11.9. The van der Waals surface area contributed by atoms with Crippen molar-refractivity contribution >= 4 is 11.9 Å². The molecule has 132 valence electrons. The standard InChI is InChI=1S/C17H22N6O2/c1-3-25-16(24)14-8-18-17(19-11(14)2)22-7-6-13(9-22)23-10-15(20-21-23)12-4-5-12/h8,10,12-13H,3-7,9H2,1-2H3. The maximum Gasteiger partial charge on any atom is 0.341 e. The number of ether oxygens (including phenoxy) is 1. The van der Waals surface area contributed by atoms with Crippen LogP contribution in [0.2, 0.25) is 0 Å². The van der Waals surface area contributed by atoms with Crippen molar-refractivity contribution < 1.29 is 9.53 Å². The van der Waals surface area contributed by atoms with Crippen molar-refractivity contribution in [2.24, 2.45) is 0 Å². The number of hydrogen-bond donors (Lipinski definition) is 0. The van der Waals surface area contributed by atoms with E-state index in [1.54, 1.807) is 13.1 Å². The molecule has 0 amide bonds. The third kappa shape index (κ3) is 3.20. The highest BCUT2D eigenvalue weighted by atomic mass is 16.5. The summed E-state index contributed by atoms with van der Waals surface area (Å²) >= 11 is 0. The fraction of sp³-hybridized carbons (Fsp3) is 0.588. The van der Waals surface area contributed by atoms with Crippen LogP contribution in [-0.2, 0) is 4.74 Å². The summed E-state index contributed by atoms with van der Waals surface area (Å²) in [6.07, 6.45) is 7.09. The highest BCUT2D eigenvalue weighted by molar-refractivity contribution is 5.90. The molecule has 1 unspecified atom stereocenters. The van der Waals surface area contributed by atoms with Crippen LogP contribution in [0.1, 0.15) is 59.9 Å². The van der Waals surface area contributed by atoms with Gasteiger partial charge in [0.2, 0.25) is 5.95 Å². The molecule has 8 heteroatoms. The fourth-order valence-electron chi connectivity index (χ4n) is 3.19. The second-order valence-electron chi connectivity index (χ2n) is 6.68. The monoisotopic (exact) mass is 342 g/mol. The van der Waals surface area contributed by atoms with Crippen molar-refractivity contribution in [3.63, 3.8) is 0 Å². The number of rotatable bonds is 5. The minimum atomic E-state index is -0.374. The Bertz CT molecular complexity index is 785. The van der Waals surface area contributed by atoms with Crippen LogP contribution in [0.25, 0.3) is 0 Å². The number of nitrogens with zero attached hydrogens (tertiary/aromatic N) is 6. The van der Waals surface area contributed by atoms with Crippen molar-refractivity contribution in [2.45, 2.75) is 45.1 Å². The first-order valence-electron chi connectivity index (χ1n) is 8.83. The average molecular weight is 342 g/mol. The number of anilines is 1. The van der Waals surface area contributed by atoms with E-state index in [-0.39, 0.29) is 12.0 Å². The zero-order valence-electron chi connectivity index (χ0n) is 14.6. The molecular weight excluding hydrogens is 320 g/mol. The second kappa shape index (κ2) is 6.42. The Balaban J connectivity index is 1.45. The van der Waals surface area contributed by atoms with Crippen LogP contribution in [0, 0.1) is 6.92 Å². The van der Waals surface area contributed by atoms with E-state index in [9.17, 15) is 4.79 Å². The van der Waals surface area contributed by atoms with Gasteiger partial charge in [0, 0.05) is 31.4 Å². The first-order valence-corrected chi connectivity index (χ1v) is 8.83. The van der Waals surface area contributed by atoms with Crippen LogP contribution >= 0.6 is 0 Å². The molecule has 25 heavy (non-hydrogen) atoms. The first-order chi connectivity index (χ1) is 12.2. The van der Waals surface area contributed by atoms with Crippen LogP contribution in [0.15, 0.2) is 12.4 Å². The summed E-state index contributed by atoms with van der Waals surface area (Å²) in [6, 6.07) is 0.286. The van der Waals surface area contributed by atoms with Gasteiger partial charge in [-0.25, -0.2) is 19.4 Å². The Morgan fingerprint density at radius 1 is 1.36 bits per heavy atom. The van der Waals surface area contributed by atoms with Crippen molar-refractivity contribution in [3.05, 3.63) is 29.3 Å². The lowest BCUT2D eigenvalue weighted by Gasteiger charge is -2.17. The molecule has 1 saturated heterocycles. The van der Waals surface area contributed by atoms with Gasteiger partial charge in [-0.2, -0.15) is 0 Å². The number of aromatic nitrogens is 5. The van der Waals surface area contributed by atoms with Crippen LogP contribution < -0.4 is 4.90 Å². The molecule has 1 atom stereocenters. The highest BCUT2D eigenvalue weighted by Gasteiger charge is 2.30.